The zero-order chi connectivity index (χ0) is 21.3. The Bertz CT molecular complexity index is 837. The van der Waals surface area contributed by atoms with E-state index >= 15 is 0 Å². The fourth-order valence-corrected chi connectivity index (χ4v) is 3.64. The van der Waals surface area contributed by atoms with E-state index < -0.39 is 6.04 Å². The van der Waals surface area contributed by atoms with Gasteiger partial charge in [0.2, 0.25) is 5.91 Å². The van der Waals surface area contributed by atoms with Crippen molar-refractivity contribution in [3.63, 3.8) is 0 Å². The number of rotatable bonds is 11. The predicted molar refractivity (Wildman–Crippen MR) is 120 cm³/mol. The van der Waals surface area contributed by atoms with Crippen molar-refractivity contribution >= 4 is 29.1 Å². The molecule has 0 spiro atoms. The number of nitrogens with one attached hydrogen (secondary N) is 1. The van der Waals surface area contributed by atoms with Crippen molar-refractivity contribution in [1.82, 2.24) is 5.32 Å². The number of anilines is 1. The molecule has 0 bridgehead atoms. The third kappa shape index (κ3) is 6.07. The average molecular weight is 429 g/mol. The zero-order valence-corrected chi connectivity index (χ0v) is 18.2. The number of imide groups is 1. The fourth-order valence-electron chi connectivity index (χ4n) is 3.51. The molecule has 1 saturated heterocycles. The van der Waals surface area contributed by atoms with Gasteiger partial charge in [0.05, 0.1) is 24.8 Å². The Balaban J connectivity index is 1.49. The first-order chi connectivity index (χ1) is 14.6. The van der Waals surface area contributed by atoms with Crippen LogP contribution in [0.2, 0.25) is 5.02 Å². The summed E-state index contributed by atoms with van der Waals surface area (Å²) in [6, 6.07) is 14.3. The summed E-state index contributed by atoms with van der Waals surface area (Å²) in [4.78, 5) is 26.5. The number of halogens is 1. The molecule has 2 amide bonds. The molecule has 1 fully saturated rings. The van der Waals surface area contributed by atoms with E-state index in [4.69, 9.17) is 16.3 Å². The Labute approximate surface area is 183 Å². The van der Waals surface area contributed by atoms with Crippen molar-refractivity contribution in [1.29, 1.82) is 0 Å². The molecule has 1 aliphatic heterocycles. The van der Waals surface area contributed by atoms with Gasteiger partial charge >= 0.3 is 0 Å². The monoisotopic (exact) mass is 428 g/mol. The van der Waals surface area contributed by atoms with Crippen molar-refractivity contribution in [2.45, 2.75) is 51.5 Å². The summed E-state index contributed by atoms with van der Waals surface area (Å²) in [6.45, 7) is 3.48. The van der Waals surface area contributed by atoms with Crippen LogP contribution in [0.1, 0.15) is 44.6 Å². The van der Waals surface area contributed by atoms with E-state index in [1.807, 2.05) is 36.4 Å². The lowest BCUT2D eigenvalue weighted by Gasteiger charge is -2.16. The van der Waals surface area contributed by atoms with Gasteiger partial charge in [0.25, 0.3) is 5.91 Å². The molecule has 2 aromatic carbocycles. The van der Waals surface area contributed by atoms with E-state index in [1.165, 1.54) is 17.7 Å². The number of hydrogen-bond acceptors (Lipinski definition) is 4. The Morgan fingerprint density at radius 2 is 1.77 bits per heavy atom. The maximum atomic E-state index is 12.8. The third-order valence-electron chi connectivity index (χ3n) is 5.23. The molecule has 160 valence electrons. The average Bonchev–Trinajstić information content (AvgIpc) is 3.03. The highest BCUT2D eigenvalue weighted by atomic mass is 35.5. The molecule has 0 aliphatic carbocycles. The number of hydrogen-bond donors (Lipinski definition) is 1. The number of amides is 2. The van der Waals surface area contributed by atoms with Crippen LogP contribution in [0.5, 0.6) is 5.75 Å². The molecule has 0 saturated carbocycles. The molecule has 1 aliphatic rings. The number of carbonyl (C=O) groups is 2. The number of carbonyl (C=O) groups excluding carboxylic acids is 2. The summed E-state index contributed by atoms with van der Waals surface area (Å²) in [7, 11) is 0. The number of unbranched alkanes of at least 4 members (excludes halogenated alkanes) is 3. The normalized spacial score (nSPS) is 16.3. The summed E-state index contributed by atoms with van der Waals surface area (Å²) in [5.41, 5.74) is 1.72. The van der Waals surface area contributed by atoms with Crippen LogP contribution in [-0.2, 0) is 16.0 Å². The van der Waals surface area contributed by atoms with Crippen molar-refractivity contribution < 1.29 is 14.3 Å². The van der Waals surface area contributed by atoms with E-state index in [0.29, 0.717) is 23.9 Å². The van der Waals surface area contributed by atoms with Gasteiger partial charge in [0.15, 0.2) is 0 Å². The van der Waals surface area contributed by atoms with Gasteiger partial charge < -0.3 is 10.1 Å². The lowest BCUT2D eigenvalue weighted by molar-refractivity contribution is -0.121. The minimum absolute atomic E-state index is 0.176. The minimum Gasteiger partial charge on any atom is -0.494 e. The van der Waals surface area contributed by atoms with Crippen LogP contribution < -0.4 is 15.0 Å². The van der Waals surface area contributed by atoms with Crippen LogP contribution in [0.3, 0.4) is 0 Å². The van der Waals surface area contributed by atoms with Crippen molar-refractivity contribution in [3.8, 4) is 5.75 Å². The maximum absolute atomic E-state index is 12.8. The van der Waals surface area contributed by atoms with Gasteiger partial charge in [0.1, 0.15) is 5.75 Å². The Hall–Kier alpha value is -2.37. The third-order valence-corrected chi connectivity index (χ3v) is 5.48. The molecule has 1 heterocycles. The smallest absolute Gasteiger partial charge is 0.251 e. The van der Waals surface area contributed by atoms with Crippen molar-refractivity contribution in [2.75, 3.05) is 18.1 Å². The van der Waals surface area contributed by atoms with Gasteiger partial charge in [-0.15, -0.1) is 0 Å². The van der Waals surface area contributed by atoms with Crippen LogP contribution >= 0.6 is 11.6 Å². The second kappa shape index (κ2) is 11.1. The summed E-state index contributed by atoms with van der Waals surface area (Å²) in [6.07, 6.45) is 5.55. The molecular formula is C24H29ClN2O3. The van der Waals surface area contributed by atoms with Gasteiger partial charge in [-0.1, -0.05) is 49.9 Å². The highest BCUT2D eigenvalue weighted by Crippen LogP contribution is 2.25. The van der Waals surface area contributed by atoms with E-state index in [-0.39, 0.29) is 18.2 Å². The summed E-state index contributed by atoms with van der Waals surface area (Å²) in [5.74, 6) is 0.369. The predicted octanol–water partition coefficient (Wildman–Crippen LogP) is 4.76. The Kier molecular flexibility index (Phi) is 8.29. The highest BCUT2D eigenvalue weighted by molar-refractivity contribution is 6.30. The van der Waals surface area contributed by atoms with Crippen LogP contribution in [0, 0.1) is 0 Å². The van der Waals surface area contributed by atoms with E-state index in [0.717, 1.165) is 30.6 Å². The number of benzene rings is 2. The first-order valence-corrected chi connectivity index (χ1v) is 11.0. The van der Waals surface area contributed by atoms with Gasteiger partial charge in [0, 0.05) is 5.02 Å². The van der Waals surface area contributed by atoms with Crippen LogP contribution in [-0.4, -0.2) is 31.0 Å². The quantitative estimate of drug-likeness (QED) is 0.414. The summed E-state index contributed by atoms with van der Waals surface area (Å²) in [5, 5.41) is 3.91. The molecular weight excluding hydrogens is 400 g/mol. The van der Waals surface area contributed by atoms with Crippen LogP contribution in [0.15, 0.2) is 48.5 Å². The Morgan fingerprint density at radius 1 is 1.03 bits per heavy atom. The first kappa shape index (κ1) is 22.3. The van der Waals surface area contributed by atoms with Gasteiger partial charge in [-0.05, 0) is 61.3 Å². The van der Waals surface area contributed by atoms with Gasteiger partial charge in [-0.3, -0.25) is 9.59 Å². The van der Waals surface area contributed by atoms with Crippen LogP contribution in [0.4, 0.5) is 5.69 Å². The zero-order valence-electron chi connectivity index (χ0n) is 17.4. The Morgan fingerprint density at radius 3 is 2.47 bits per heavy atom. The minimum atomic E-state index is -0.487. The highest BCUT2D eigenvalue weighted by Gasteiger charge is 2.39. The van der Waals surface area contributed by atoms with Gasteiger partial charge in [-0.25, -0.2) is 4.90 Å². The molecule has 0 radical (unpaired) electrons. The lowest BCUT2D eigenvalue weighted by Crippen LogP contribution is -2.39. The molecule has 0 aromatic heterocycles. The van der Waals surface area contributed by atoms with E-state index in [9.17, 15) is 9.59 Å². The second-order valence-corrected chi connectivity index (χ2v) is 7.99. The van der Waals surface area contributed by atoms with E-state index in [2.05, 4.69) is 12.2 Å². The topological polar surface area (TPSA) is 58.6 Å². The second-order valence-electron chi connectivity index (χ2n) is 7.56. The molecule has 2 aromatic rings. The largest absolute Gasteiger partial charge is 0.494 e. The van der Waals surface area contributed by atoms with Crippen molar-refractivity contribution in [2.24, 2.45) is 0 Å². The molecule has 6 heteroatoms. The summed E-state index contributed by atoms with van der Waals surface area (Å²) < 4.78 is 5.74. The number of nitrogens with zero attached hydrogens (tertiary/aromatic N) is 1. The van der Waals surface area contributed by atoms with E-state index in [1.54, 1.807) is 12.1 Å². The molecule has 3 rings (SSSR count). The SMILES string of the molecule is CCCCCCOc1ccc(N2C(=O)CC(NCCc3ccc(Cl)cc3)C2=O)cc1. The number of ether oxygens (including phenoxy) is 1. The summed E-state index contributed by atoms with van der Waals surface area (Å²) >= 11 is 5.90. The van der Waals surface area contributed by atoms with Crippen LogP contribution in [0.25, 0.3) is 0 Å². The fraction of sp³-hybridized carbons (Fsp3) is 0.417. The van der Waals surface area contributed by atoms with Crippen molar-refractivity contribution in [3.05, 3.63) is 59.1 Å². The van der Waals surface area contributed by atoms with Gasteiger partial charge in [-0.2, -0.15) is 0 Å². The maximum Gasteiger partial charge on any atom is 0.251 e. The lowest BCUT2D eigenvalue weighted by atomic mass is 10.1. The molecule has 1 atom stereocenters. The molecule has 1 N–H and O–H groups in total. The molecule has 30 heavy (non-hydrogen) atoms. The molecule has 1 unspecified atom stereocenters. The molecule has 5 nitrogen and oxygen atoms in total. The standard InChI is InChI=1S/C24H29ClN2O3/c1-2-3-4-5-16-30-21-12-10-20(11-13-21)27-23(28)17-22(24(27)29)26-15-14-18-6-8-19(25)9-7-18/h6-13,22,26H,2-5,14-17H2,1H3. The first-order valence-electron chi connectivity index (χ1n) is 10.7.